The van der Waals surface area contributed by atoms with E-state index in [0.29, 0.717) is 0 Å². The second kappa shape index (κ2) is 29.7. The summed E-state index contributed by atoms with van der Waals surface area (Å²) in [4.78, 5) is 44.5. The fourth-order valence-electron chi connectivity index (χ4n) is 6.26. The summed E-state index contributed by atoms with van der Waals surface area (Å²) in [5.41, 5.74) is -22.4. The van der Waals surface area contributed by atoms with E-state index in [1.807, 2.05) is 4.74 Å². The van der Waals surface area contributed by atoms with Gasteiger partial charge in [-0.25, -0.2) is 41.5 Å². The number of ether oxygens (including phenoxy) is 12. The second-order valence-electron chi connectivity index (χ2n) is 18.7. The smallest absolute Gasteiger partial charge is 0.425 e. The Labute approximate surface area is 505 Å². The molecule has 0 radical (unpaired) electrons. The molecule has 0 aromatic rings. The van der Waals surface area contributed by atoms with E-state index in [1.165, 1.54) is 0 Å². The molecule has 0 aliphatic heterocycles. The molecule has 0 saturated heterocycles. The van der Waals surface area contributed by atoms with Gasteiger partial charge in [0, 0.05) is 37.3 Å². The summed E-state index contributed by atoms with van der Waals surface area (Å²) in [5.74, 6) is -70.2. The monoisotopic (exact) mass is 1480 g/mol. The lowest BCUT2D eigenvalue weighted by atomic mass is 9.64. The van der Waals surface area contributed by atoms with Crippen molar-refractivity contribution in [2.24, 2.45) is 0 Å². The van der Waals surface area contributed by atoms with Crippen LogP contribution in [0, 0.1) is 0 Å². The minimum absolute atomic E-state index is 0.0394. The van der Waals surface area contributed by atoms with Gasteiger partial charge in [0.2, 0.25) is 11.3 Å². The van der Waals surface area contributed by atoms with Crippen LogP contribution in [0.4, 0.5) is 145 Å². The number of carbonyl (C=O) groups excluding carboxylic acids is 4. The third kappa shape index (κ3) is 19.1. The van der Waals surface area contributed by atoms with Crippen molar-refractivity contribution in [2.45, 2.75) is 126 Å². The number of alkyl halides is 33. The number of hydrogen-bond acceptors (Lipinski definition) is 17. The molecule has 1 rings (SSSR count). The molecule has 5 unspecified atom stereocenters. The molecule has 0 aromatic heterocycles. The molecule has 0 amide bonds. The van der Waals surface area contributed by atoms with E-state index in [9.17, 15) is 107 Å². The van der Waals surface area contributed by atoms with Crippen LogP contribution in [0.1, 0.15) is 12.8 Å². The molecule has 1 fully saturated rings. The number of rotatable bonds is 43. The van der Waals surface area contributed by atoms with Crippen LogP contribution < -0.4 is 0 Å². The summed E-state index contributed by atoms with van der Waals surface area (Å²) in [6.07, 6.45) is -57.9. The van der Waals surface area contributed by atoms with E-state index in [4.69, 9.17) is 5.11 Å². The Balaban J connectivity index is 4.39. The predicted molar refractivity (Wildman–Crippen MR) is 232 cm³/mol. The van der Waals surface area contributed by atoms with Gasteiger partial charge >= 0.3 is 120 Å². The van der Waals surface area contributed by atoms with Gasteiger partial charge in [-0.15, -0.1) is 0 Å². The molecule has 50 heteroatoms. The quantitative estimate of drug-likeness (QED) is 0.0199. The molecule has 1 aliphatic rings. The van der Waals surface area contributed by atoms with Gasteiger partial charge in [0.25, 0.3) is 5.85 Å². The first-order valence-corrected chi connectivity index (χ1v) is 24.0. The van der Waals surface area contributed by atoms with E-state index in [-0.39, 0.29) is 24.3 Å². The highest BCUT2D eigenvalue weighted by Gasteiger charge is 2.96. The lowest BCUT2D eigenvalue weighted by Gasteiger charge is -2.56. The summed E-state index contributed by atoms with van der Waals surface area (Å²) < 4.78 is 538. The van der Waals surface area contributed by atoms with E-state index in [2.05, 4.69) is 78.4 Å². The first kappa shape index (κ1) is 87.2. The first-order chi connectivity index (χ1) is 42.3. The van der Waals surface area contributed by atoms with Crippen molar-refractivity contribution in [3.8, 4) is 0 Å². The lowest BCUT2D eigenvalue weighted by molar-refractivity contribution is -0.539. The van der Waals surface area contributed by atoms with Crippen molar-refractivity contribution in [3.05, 3.63) is 50.6 Å². The average Bonchev–Trinajstić information content (AvgIpc) is 0.667. The van der Waals surface area contributed by atoms with E-state index in [0.717, 1.165) is 0 Å². The van der Waals surface area contributed by atoms with Crippen LogP contribution in [-0.2, 0) is 76.0 Å². The number of esters is 4. The molecule has 95 heavy (non-hydrogen) atoms. The fraction of sp³-hybridized carbons (Fsp3) is 0.733. The topological polar surface area (TPSA) is 199 Å². The summed E-state index contributed by atoms with van der Waals surface area (Å²) in [7, 11) is 0. The summed E-state index contributed by atoms with van der Waals surface area (Å²) in [6, 6.07) is 0. The van der Waals surface area contributed by atoms with Crippen LogP contribution in [0.3, 0.4) is 0 Å². The second-order valence-corrected chi connectivity index (χ2v) is 18.7. The molecule has 0 bridgehead atoms. The van der Waals surface area contributed by atoms with Crippen LogP contribution in [0.25, 0.3) is 0 Å². The maximum Gasteiger partial charge on any atom is 0.425 e. The highest BCUT2D eigenvalue weighted by Crippen LogP contribution is 2.68. The third-order valence-electron chi connectivity index (χ3n) is 11.4. The van der Waals surface area contributed by atoms with Crippen LogP contribution in [-0.4, -0.2) is 221 Å². The molecule has 554 valence electrons. The van der Waals surface area contributed by atoms with E-state index in [1.54, 1.807) is 0 Å². The Kier molecular flexibility index (Phi) is 27.3. The van der Waals surface area contributed by atoms with Crippen molar-refractivity contribution < 1.29 is 226 Å². The molecule has 0 heterocycles. The zero-order chi connectivity index (χ0) is 75.0. The summed E-state index contributed by atoms with van der Waals surface area (Å²) in [6.45, 7) is -29.0. The Morgan fingerprint density at radius 3 is 1.06 bits per heavy atom. The largest absolute Gasteiger partial charge is 0.456 e. The number of halogens is 33. The zero-order valence-corrected chi connectivity index (χ0v) is 46.0. The number of hydrogen-bond donors (Lipinski definition) is 1. The van der Waals surface area contributed by atoms with E-state index < -0.39 is 229 Å². The summed E-state index contributed by atoms with van der Waals surface area (Å²) >= 11 is 0. The van der Waals surface area contributed by atoms with Crippen molar-refractivity contribution in [1.29, 1.82) is 0 Å². The van der Waals surface area contributed by atoms with Crippen LogP contribution in [0.2, 0.25) is 0 Å². The van der Waals surface area contributed by atoms with Crippen LogP contribution >= 0.6 is 0 Å². The first-order valence-electron chi connectivity index (χ1n) is 24.0. The predicted octanol–water partition coefficient (Wildman–Crippen LogP) is 10.9. The van der Waals surface area contributed by atoms with Crippen molar-refractivity contribution in [1.82, 2.24) is 0 Å². The van der Waals surface area contributed by atoms with Gasteiger partial charge in [-0.1, -0.05) is 26.3 Å². The van der Waals surface area contributed by atoms with Gasteiger partial charge in [-0.3, -0.25) is 9.47 Å². The molecule has 1 aliphatic carbocycles. The number of aliphatic hydroxyl groups excluding tert-OH is 1. The molecule has 17 nitrogen and oxygen atoms in total. The molecule has 0 aromatic carbocycles. The van der Waals surface area contributed by atoms with Gasteiger partial charge in [-0.2, -0.15) is 127 Å². The Hall–Kier alpha value is -5.83. The van der Waals surface area contributed by atoms with Crippen molar-refractivity contribution in [3.63, 3.8) is 0 Å². The van der Waals surface area contributed by atoms with Crippen molar-refractivity contribution in [2.75, 3.05) is 79.3 Å². The van der Waals surface area contributed by atoms with Gasteiger partial charge in [-0.05, 0) is 6.42 Å². The summed E-state index contributed by atoms with van der Waals surface area (Å²) in [5, 5.41) is 8.61. The third-order valence-corrected chi connectivity index (χ3v) is 11.4. The molecular weight excluding hydrogens is 1440 g/mol. The minimum atomic E-state index is -9.00. The normalized spacial score (nSPS) is 21.7. The fourth-order valence-corrected chi connectivity index (χ4v) is 6.26. The van der Waals surface area contributed by atoms with Crippen LogP contribution in [0.5, 0.6) is 0 Å². The molecular formula is C45H41F33O17. The highest BCUT2D eigenvalue weighted by atomic mass is 19.4. The van der Waals surface area contributed by atoms with Crippen LogP contribution in [0.15, 0.2) is 50.6 Å². The Morgan fingerprint density at radius 1 is 0.379 bits per heavy atom. The van der Waals surface area contributed by atoms with E-state index >= 15 is 57.1 Å². The minimum Gasteiger partial charge on any atom is -0.456 e. The van der Waals surface area contributed by atoms with Crippen molar-refractivity contribution >= 4 is 23.9 Å². The van der Waals surface area contributed by atoms with Gasteiger partial charge < -0.3 is 47.7 Å². The average molecular weight is 1480 g/mol. The molecule has 5 atom stereocenters. The lowest BCUT2D eigenvalue weighted by Crippen LogP contribution is -2.84. The number of aliphatic hydroxyl groups is 1. The highest BCUT2D eigenvalue weighted by molar-refractivity contribution is 5.82. The number of carbonyl (C=O) groups is 4. The maximum atomic E-state index is 17.0. The van der Waals surface area contributed by atoms with Gasteiger partial charge in [0.1, 0.15) is 26.4 Å². The molecule has 0 spiro atoms. The Bertz CT molecular complexity index is 2690. The molecule has 1 N–H and O–H groups in total. The maximum absolute atomic E-state index is 17.0. The zero-order valence-electron chi connectivity index (χ0n) is 46.0. The van der Waals surface area contributed by atoms with Gasteiger partial charge in [0.15, 0.2) is 26.4 Å². The standard InChI is InChI=1S/C45H41F33O17/c1-5-23(80)86-18-31(51,52)39(65,66)90-11-9-10-84-14-27(46)12-28(47,15-85-16-29(48,93-42(71,72)30(49,50)13-79)17-91-40(67,68)32(53,54)19-87-24(81)6-2)38(63,64)36(60,37(27,61)62)45(77,78)95-44(75,76)35(59,94-43(73,74)34(57,58)21-89-26(83)8-4)22-92-41(69,70)33(55,56)20-88-25(82)7-3/h5-8,79H,1-4,9-22H2. The van der Waals surface area contributed by atoms with Gasteiger partial charge in [0.05, 0.1) is 19.8 Å². The molecule has 1 saturated carbocycles. The Morgan fingerprint density at radius 2 is 0.705 bits per heavy atom. The SMILES string of the molecule is C=CC(=O)OCC(F)(F)C(F)(F)OCCCOCC1(F)CC(F)(COCC(F)(COC(F)(F)C(F)(F)COC(=O)C=C)OC(F)(F)C(F)(F)CO)C(F)(F)C(F)(C(F)(F)OC(F)(F)C(F)(COC(F)(F)C(F)(F)COC(=O)C=C)OC(F)(F)C(F)(F)COC(=O)C=C)C1(F)F.